The number of aliphatic imine (C=N–C) groups is 1. The molecule has 142 valence electrons. The zero-order chi connectivity index (χ0) is 16.7. The molecule has 1 saturated heterocycles. The Morgan fingerprint density at radius 2 is 2.00 bits per heavy atom. The summed E-state index contributed by atoms with van der Waals surface area (Å²) in [6.45, 7) is 4.87. The van der Waals surface area contributed by atoms with Gasteiger partial charge < -0.3 is 20.3 Å². The van der Waals surface area contributed by atoms with Crippen LogP contribution in [0.2, 0.25) is 0 Å². The van der Waals surface area contributed by atoms with Crippen molar-refractivity contribution in [3.8, 4) is 0 Å². The largest absolute Gasteiger partial charge is 0.381 e. The maximum Gasteiger partial charge on any atom is 0.191 e. The molecule has 0 radical (unpaired) electrons. The summed E-state index contributed by atoms with van der Waals surface area (Å²) < 4.78 is 5.55. The minimum absolute atomic E-state index is 0. The lowest BCUT2D eigenvalue weighted by molar-refractivity contribution is -0.00502. The Balaban J connectivity index is 0.00000288. The van der Waals surface area contributed by atoms with Crippen LogP contribution in [-0.2, 0) is 4.74 Å². The first kappa shape index (κ1) is 22.3. The fourth-order valence-corrected chi connectivity index (χ4v) is 4.77. The number of halogens is 1. The highest BCUT2D eigenvalue weighted by Crippen LogP contribution is 2.29. The Morgan fingerprint density at radius 1 is 1.29 bits per heavy atom. The van der Waals surface area contributed by atoms with Crippen molar-refractivity contribution in [1.82, 2.24) is 15.5 Å². The molecule has 2 unspecified atom stereocenters. The molecule has 5 nitrogen and oxygen atoms in total. The van der Waals surface area contributed by atoms with E-state index in [1.54, 1.807) is 0 Å². The molecule has 2 N–H and O–H groups in total. The Morgan fingerprint density at radius 3 is 2.58 bits per heavy atom. The zero-order valence-electron chi connectivity index (χ0n) is 15.6. The van der Waals surface area contributed by atoms with E-state index in [2.05, 4.69) is 53.3 Å². The lowest BCUT2D eigenvalue weighted by atomic mass is 9.88. The second kappa shape index (κ2) is 11.1. The Labute approximate surface area is 169 Å². The van der Waals surface area contributed by atoms with Gasteiger partial charge in [0.2, 0.25) is 0 Å². The minimum Gasteiger partial charge on any atom is -0.381 e. The lowest BCUT2D eigenvalue weighted by Gasteiger charge is -2.43. The number of nitrogens with zero attached hydrogens (tertiary/aromatic N) is 2. The molecule has 0 aromatic rings. The second-order valence-corrected chi connectivity index (χ2v) is 8.47. The Kier molecular flexibility index (Phi) is 10.3. The minimum atomic E-state index is 0. The van der Waals surface area contributed by atoms with Gasteiger partial charge in [0.1, 0.15) is 0 Å². The summed E-state index contributed by atoms with van der Waals surface area (Å²) in [6.07, 6.45) is 5.98. The average molecular weight is 470 g/mol. The highest BCUT2D eigenvalue weighted by molar-refractivity contribution is 14.0. The molecule has 2 rings (SSSR count). The van der Waals surface area contributed by atoms with Crippen molar-refractivity contribution in [3.63, 3.8) is 0 Å². The molecule has 7 heteroatoms. The van der Waals surface area contributed by atoms with Crippen LogP contribution in [0, 0.1) is 0 Å². The number of nitrogens with one attached hydrogen (secondary N) is 2. The highest BCUT2D eigenvalue weighted by Gasteiger charge is 2.35. The molecule has 0 spiro atoms. The van der Waals surface area contributed by atoms with E-state index in [1.165, 1.54) is 25.0 Å². The van der Waals surface area contributed by atoms with Gasteiger partial charge in [-0.1, -0.05) is 6.92 Å². The van der Waals surface area contributed by atoms with Crippen LogP contribution in [0.4, 0.5) is 0 Å². The summed E-state index contributed by atoms with van der Waals surface area (Å²) in [4.78, 5) is 6.78. The van der Waals surface area contributed by atoms with E-state index in [4.69, 9.17) is 4.74 Å². The summed E-state index contributed by atoms with van der Waals surface area (Å²) in [5.74, 6) is 2.17. The molecule has 1 aliphatic heterocycles. The van der Waals surface area contributed by atoms with Gasteiger partial charge in [-0.25, -0.2) is 0 Å². The third kappa shape index (κ3) is 6.21. The maximum absolute atomic E-state index is 5.55. The zero-order valence-corrected chi connectivity index (χ0v) is 18.8. The SMILES string of the molecule is CCSC1CCC(NC(=NC)NCC2(N(C)C)CCOCC2)C1.I. The average Bonchev–Trinajstić information content (AvgIpc) is 2.99. The molecule has 1 aliphatic carbocycles. The molecule has 24 heavy (non-hydrogen) atoms. The molecule has 0 amide bonds. The molecule has 0 bridgehead atoms. The van der Waals surface area contributed by atoms with Crippen molar-refractivity contribution >= 4 is 41.7 Å². The van der Waals surface area contributed by atoms with Crippen LogP contribution >= 0.6 is 35.7 Å². The van der Waals surface area contributed by atoms with E-state index in [0.717, 1.165) is 43.8 Å². The van der Waals surface area contributed by atoms with Crippen LogP contribution in [0.25, 0.3) is 0 Å². The smallest absolute Gasteiger partial charge is 0.191 e. The molecule has 2 aliphatic rings. The van der Waals surface area contributed by atoms with Crippen molar-refractivity contribution in [3.05, 3.63) is 0 Å². The van der Waals surface area contributed by atoms with E-state index in [1.807, 2.05) is 7.05 Å². The number of hydrogen-bond donors (Lipinski definition) is 2. The predicted molar refractivity (Wildman–Crippen MR) is 116 cm³/mol. The summed E-state index contributed by atoms with van der Waals surface area (Å²) in [5.41, 5.74) is 0.173. The quantitative estimate of drug-likeness (QED) is 0.355. The van der Waals surface area contributed by atoms with Crippen molar-refractivity contribution in [2.75, 3.05) is 46.7 Å². The van der Waals surface area contributed by atoms with Gasteiger partial charge in [-0.15, -0.1) is 24.0 Å². The number of ether oxygens (including phenoxy) is 1. The normalized spacial score (nSPS) is 27.0. The van der Waals surface area contributed by atoms with Gasteiger partial charge in [-0.05, 0) is 52.0 Å². The summed E-state index contributed by atoms with van der Waals surface area (Å²) in [6, 6.07) is 0.565. The Hall–Kier alpha value is 0.270. The van der Waals surface area contributed by atoms with Crippen molar-refractivity contribution in [2.24, 2.45) is 4.99 Å². The summed E-state index contributed by atoms with van der Waals surface area (Å²) in [7, 11) is 6.22. The number of guanidine groups is 1. The topological polar surface area (TPSA) is 48.9 Å². The summed E-state index contributed by atoms with van der Waals surface area (Å²) >= 11 is 2.10. The number of rotatable bonds is 6. The molecule has 2 fully saturated rings. The third-order valence-electron chi connectivity index (χ3n) is 5.31. The van der Waals surface area contributed by atoms with Crippen molar-refractivity contribution < 1.29 is 4.74 Å². The van der Waals surface area contributed by atoms with E-state index in [0.29, 0.717) is 6.04 Å². The summed E-state index contributed by atoms with van der Waals surface area (Å²) in [5, 5.41) is 8.01. The number of thioether (sulfide) groups is 1. The third-order valence-corrected chi connectivity index (χ3v) is 6.54. The van der Waals surface area contributed by atoms with E-state index >= 15 is 0 Å². The van der Waals surface area contributed by atoms with Crippen LogP contribution in [0.1, 0.15) is 39.0 Å². The van der Waals surface area contributed by atoms with Gasteiger partial charge in [-0.3, -0.25) is 4.99 Å². The first-order valence-electron chi connectivity index (χ1n) is 8.93. The van der Waals surface area contributed by atoms with E-state index < -0.39 is 0 Å². The van der Waals surface area contributed by atoms with Crippen LogP contribution < -0.4 is 10.6 Å². The predicted octanol–water partition coefficient (Wildman–Crippen LogP) is 2.55. The molecule has 1 heterocycles. The maximum atomic E-state index is 5.55. The highest BCUT2D eigenvalue weighted by atomic mass is 127. The molecule has 0 aromatic carbocycles. The molecule has 0 aromatic heterocycles. The number of hydrogen-bond acceptors (Lipinski definition) is 4. The fourth-order valence-electron chi connectivity index (χ4n) is 3.63. The van der Waals surface area contributed by atoms with Crippen LogP contribution in [0.3, 0.4) is 0 Å². The molecular weight excluding hydrogens is 435 g/mol. The second-order valence-electron chi connectivity index (χ2n) is 6.89. The van der Waals surface area contributed by atoms with Crippen molar-refractivity contribution in [2.45, 2.75) is 55.9 Å². The Bertz CT molecular complexity index is 389. The van der Waals surface area contributed by atoms with Gasteiger partial charge in [0.15, 0.2) is 5.96 Å². The van der Waals surface area contributed by atoms with Crippen LogP contribution in [0.5, 0.6) is 0 Å². The van der Waals surface area contributed by atoms with Crippen LogP contribution in [0.15, 0.2) is 4.99 Å². The van der Waals surface area contributed by atoms with Crippen LogP contribution in [-0.4, -0.2) is 74.3 Å². The van der Waals surface area contributed by atoms with Gasteiger partial charge in [0, 0.05) is 43.6 Å². The first-order valence-corrected chi connectivity index (χ1v) is 9.98. The number of likely N-dealkylation sites (N-methyl/N-ethyl adjacent to an activating group) is 1. The van der Waals surface area contributed by atoms with Gasteiger partial charge >= 0.3 is 0 Å². The van der Waals surface area contributed by atoms with E-state index in [-0.39, 0.29) is 29.5 Å². The van der Waals surface area contributed by atoms with E-state index in [9.17, 15) is 0 Å². The first-order chi connectivity index (χ1) is 11.1. The van der Waals surface area contributed by atoms with Gasteiger partial charge in [0.25, 0.3) is 0 Å². The molecular formula is C17H35IN4OS. The monoisotopic (exact) mass is 470 g/mol. The van der Waals surface area contributed by atoms with Crippen molar-refractivity contribution in [1.29, 1.82) is 0 Å². The van der Waals surface area contributed by atoms with Gasteiger partial charge in [0.05, 0.1) is 0 Å². The molecule has 2 atom stereocenters. The molecule has 1 saturated carbocycles. The lowest BCUT2D eigenvalue weighted by Crippen LogP contribution is -2.57. The standard InChI is InChI=1S/C17H34N4OS.HI/c1-5-23-15-7-6-14(12-15)20-16(18-2)19-13-17(21(3)4)8-10-22-11-9-17;/h14-15H,5-13H2,1-4H3,(H2,18,19,20);1H. The fraction of sp³-hybridized carbons (Fsp3) is 0.941. The van der Waals surface area contributed by atoms with Gasteiger partial charge in [-0.2, -0.15) is 11.8 Å².